The van der Waals surface area contributed by atoms with Gasteiger partial charge < -0.3 is 14.2 Å². The standard InChI is InChI=1S/C9H19NO6S/c1-14-8-16-9(7-17(11,12)13)6-10-2-4-15-5-3-10/h9H,2-8H2,1H3,(H,11,12,13). The van der Waals surface area contributed by atoms with Gasteiger partial charge in [-0.3, -0.25) is 9.45 Å². The highest BCUT2D eigenvalue weighted by Gasteiger charge is 2.22. The predicted octanol–water partition coefficient (Wildman–Crippen LogP) is -0.804. The van der Waals surface area contributed by atoms with Crippen LogP contribution in [0.1, 0.15) is 0 Å². The predicted molar refractivity (Wildman–Crippen MR) is 60.4 cm³/mol. The Morgan fingerprint density at radius 3 is 2.59 bits per heavy atom. The summed E-state index contributed by atoms with van der Waals surface area (Å²) in [6, 6.07) is 0. The number of hydrogen-bond donors (Lipinski definition) is 1. The normalized spacial score (nSPS) is 20.4. The zero-order chi connectivity index (χ0) is 12.7. The average molecular weight is 269 g/mol. The molecule has 0 amide bonds. The SMILES string of the molecule is COCOC(CN1CCOCC1)CS(=O)(=O)O. The number of methoxy groups -OCH3 is 1. The highest BCUT2D eigenvalue weighted by Crippen LogP contribution is 2.04. The van der Waals surface area contributed by atoms with Gasteiger partial charge in [-0.2, -0.15) is 8.42 Å². The summed E-state index contributed by atoms with van der Waals surface area (Å²) in [7, 11) is -2.59. The summed E-state index contributed by atoms with van der Waals surface area (Å²) in [6.07, 6.45) is -0.594. The van der Waals surface area contributed by atoms with E-state index < -0.39 is 22.0 Å². The minimum atomic E-state index is -4.04. The van der Waals surface area contributed by atoms with Crippen LogP contribution in [0.5, 0.6) is 0 Å². The Morgan fingerprint density at radius 1 is 1.41 bits per heavy atom. The average Bonchev–Trinajstić information content (AvgIpc) is 2.25. The van der Waals surface area contributed by atoms with Crippen molar-refractivity contribution >= 4 is 10.1 Å². The summed E-state index contributed by atoms with van der Waals surface area (Å²) >= 11 is 0. The quantitative estimate of drug-likeness (QED) is 0.478. The molecule has 1 heterocycles. The molecule has 1 fully saturated rings. The van der Waals surface area contributed by atoms with Gasteiger partial charge in [-0.25, -0.2) is 0 Å². The van der Waals surface area contributed by atoms with Gasteiger partial charge in [0.15, 0.2) is 0 Å². The molecule has 0 radical (unpaired) electrons. The number of hydrogen-bond acceptors (Lipinski definition) is 6. The van der Waals surface area contributed by atoms with E-state index in [9.17, 15) is 8.42 Å². The lowest BCUT2D eigenvalue weighted by Gasteiger charge is -2.29. The number of morpholine rings is 1. The fraction of sp³-hybridized carbons (Fsp3) is 1.00. The second-order valence-electron chi connectivity index (χ2n) is 3.86. The van der Waals surface area contributed by atoms with Gasteiger partial charge in [0, 0.05) is 26.7 Å². The first-order chi connectivity index (χ1) is 8.01. The second-order valence-corrected chi connectivity index (χ2v) is 5.35. The Hall–Kier alpha value is -0.250. The first-order valence-electron chi connectivity index (χ1n) is 5.37. The minimum absolute atomic E-state index is 0.00449. The number of ether oxygens (including phenoxy) is 3. The fourth-order valence-corrected chi connectivity index (χ4v) is 2.30. The lowest BCUT2D eigenvalue weighted by Crippen LogP contribution is -2.43. The van der Waals surface area contributed by atoms with E-state index in [4.69, 9.17) is 18.8 Å². The molecule has 0 aromatic heterocycles. The molecule has 1 saturated heterocycles. The highest BCUT2D eigenvalue weighted by atomic mass is 32.2. The molecule has 0 bridgehead atoms. The molecule has 0 saturated carbocycles. The first-order valence-corrected chi connectivity index (χ1v) is 6.98. The largest absolute Gasteiger partial charge is 0.379 e. The molecule has 17 heavy (non-hydrogen) atoms. The maximum absolute atomic E-state index is 10.8. The van der Waals surface area contributed by atoms with Crippen LogP contribution in [0.15, 0.2) is 0 Å². The van der Waals surface area contributed by atoms with Gasteiger partial charge in [-0.15, -0.1) is 0 Å². The molecular weight excluding hydrogens is 250 g/mol. The zero-order valence-corrected chi connectivity index (χ0v) is 10.7. The second kappa shape index (κ2) is 7.24. The molecule has 0 aliphatic carbocycles. The first kappa shape index (κ1) is 14.8. The third-order valence-corrected chi connectivity index (χ3v) is 3.18. The van der Waals surface area contributed by atoms with Gasteiger partial charge >= 0.3 is 0 Å². The molecule has 102 valence electrons. The molecule has 1 N–H and O–H groups in total. The summed E-state index contributed by atoms with van der Waals surface area (Å²) in [5.74, 6) is -0.423. The van der Waals surface area contributed by atoms with Crippen LogP contribution in [0.3, 0.4) is 0 Å². The van der Waals surface area contributed by atoms with Crippen molar-refractivity contribution in [2.45, 2.75) is 6.10 Å². The summed E-state index contributed by atoms with van der Waals surface area (Å²) < 4.78 is 45.6. The Labute approximate surface area is 101 Å². The molecule has 1 atom stereocenters. The van der Waals surface area contributed by atoms with Crippen LogP contribution in [0.25, 0.3) is 0 Å². The van der Waals surface area contributed by atoms with Gasteiger partial charge in [-0.1, -0.05) is 0 Å². The lowest BCUT2D eigenvalue weighted by atomic mass is 10.3. The molecule has 0 aromatic rings. The molecule has 1 unspecified atom stereocenters. The smallest absolute Gasteiger partial charge is 0.267 e. The van der Waals surface area contributed by atoms with Crippen molar-refractivity contribution in [3.8, 4) is 0 Å². The Bertz CT molecular complexity index is 301. The summed E-state index contributed by atoms with van der Waals surface area (Å²) in [4.78, 5) is 2.04. The van der Waals surface area contributed by atoms with Crippen LogP contribution >= 0.6 is 0 Å². The van der Waals surface area contributed by atoms with Crippen LogP contribution in [-0.4, -0.2) is 76.5 Å². The van der Waals surface area contributed by atoms with Crippen LogP contribution in [0, 0.1) is 0 Å². The van der Waals surface area contributed by atoms with Crippen molar-refractivity contribution in [1.82, 2.24) is 4.90 Å². The van der Waals surface area contributed by atoms with E-state index in [-0.39, 0.29) is 6.79 Å². The van der Waals surface area contributed by atoms with E-state index in [0.717, 1.165) is 13.1 Å². The molecule has 8 heteroatoms. The van der Waals surface area contributed by atoms with Gasteiger partial charge in [0.2, 0.25) is 0 Å². The maximum Gasteiger partial charge on any atom is 0.267 e. The van der Waals surface area contributed by atoms with E-state index in [1.54, 1.807) is 0 Å². The van der Waals surface area contributed by atoms with Crippen molar-refractivity contribution in [1.29, 1.82) is 0 Å². The Kier molecular flexibility index (Phi) is 6.31. The van der Waals surface area contributed by atoms with E-state index in [1.807, 2.05) is 4.90 Å². The lowest BCUT2D eigenvalue weighted by molar-refractivity contribution is -0.0794. The minimum Gasteiger partial charge on any atom is -0.379 e. The van der Waals surface area contributed by atoms with E-state index in [0.29, 0.717) is 19.8 Å². The molecular formula is C9H19NO6S. The monoisotopic (exact) mass is 269 g/mol. The van der Waals surface area contributed by atoms with Crippen molar-refractivity contribution in [3.63, 3.8) is 0 Å². The van der Waals surface area contributed by atoms with Crippen LogP contribution in [-0.2, 0) is 24.3 Å². The Balaban J connectivity index is 2.43. The summed E-state index contributed by atoms with van der Waals surface area (Å²) in [6.45, 7) is 3.17. The van der Waals surface area contributed by atoms with Gasteiger partial charge in [0.25, 0.3) is 10.1 Å². The van der Waals surface area contributed by atoms with Crippen molar-refractivity contribution in [3.05, 3.63) is 0 Å². The van der Waals surface area contributed by atoms with E-state index >= 15 is 0 Å². The third kappa shape index (κ3) is 6.92. The molecule has 1 aliphatic heterocycles. The number of rotatable bonds is 7. The topological polar surface area (TPSA) is 85.3 Å². The van der Waals surface area contributed by atoms with Crippen LogP contribution < -0.4 is 0 Å². The fourth-order valence-electron chi connectivity index (χ4n) is 1.62. The molecule has 0 aromatic carbocycles. The molecule has 1 rings (SSSR count). The van der Waals surface area contributed by atoms with Gasteiger partial charge in [0.05, 0.1) is 19.3 Å². The van der Waals surface area contributed by atoms with Crippen LogP contribution in [0.4, 0.5) is 0 Å². The van der Waals surface area contributed by atoms with Gasteiger partial charge in [0.1, 0.15) is 12.5 Å². The highest BCUT2D eigenvalue weighted by molar-refractivity contribution is 7.85. The van der Waals surface area contributed by atoms with Crippen molar-refractivity contribution < 1.29 is 27.2 Å². The third-order valence-electron chi connectivity index (χ3n) is 2.38. The molecule has 7 nitrogen and oxygen atoms in total. The van der Waals surface area contributed by atoms with Crippen molar-refractivity contribution in [2.24, 2.45) is 0 Å². The van der Waals surface area contributed by atoms with Crippen LogP contribution in [0.2, 0.25) is 0 Å². The maximum atomic E-state index is 10.8. The van der Waals surface area contributed by atoms with E-state index in [1.165, 1.54) is 7.11 Å². The summed E-state index contributed by atoms with van der Waals surface area (Å²) in [5, 5.41) is 0. The van der Waals surface area contributed by atoms with Crippen molar-refractivity contribution in [2.75, 3.05) is 52.5 Å². The van der Waals surface area contributed by atoms with E-state index in [2.05, 4.69) is 0 Å². The molecule has 0 spiro atoms. The Morgan fingerprint density at radius 2 is 2.06 bits per heavy atom. The van der Waals surface area contributed by atoms with Gasteiger partial charge in [-0.05, 0) is 0 Å². The zero-order valence-electron chi connectivity index (χ0n) is 9.87. The molecule has 1 aliphatic rings. The number of nitrogens with zero attached hydrogens (tertiary/aromatic N) is 1. The summed E-state index contributed by atoms with van der Waals surface area (Å²) in [5.41, 5.74) is 0.